The zero-order valence-corrected chi connectivity index (χ0v) is 12.2. The number of hydrogen-bond acceptors (Lipinski definition) is 4. The molecule has 5 heteroatoms. The van der Waals surface area contributed by atoms with E-state index in [1.165, 1.54) is 31.5 Å². The maximum atomic E-state index is 10.7. The van der Waals surface area contributed by atoms with Crippen molar-refractivity contribution in [3.63, 3.8) is 0 Å². The molecule has 0 spiro atoms. The molecule has 1 N–H and O–H groups in total. The first-order chi connectivity index (χ1) is 9.33. The molecule has 20 heavy (non-hydrogen) atoms. The highest BCUT2D eigenvalue weighted by Gasteiger charge is 2.59. The molecule has 0 amide bonds. The van der Waals surface area contributed by atoms with Crippen LogP contribution in [0.4, 0.5) is 11.5 Å². The lowest BCUT2D eigenvalue weighted by Gasteiger charge is -2.43. The van der Waals surface area contributed by atoms with Gasteiger partial charge >= 0.3 is 0 Å². The molecule has 2 bridgehead atoms. The third kappa shape index (κ3) is 1.87. The van der Waals surface area contributed by atoms with Crippen LogP contribution < -0.4 is 5.32 Å². The second-order valence-electron chi connectivity index (χ2n) is 7.15. The molecule has 2 fully saturated rings. The van der Waals surface area contributed by atoms with E-state index in [-0.39, 0.29) is 11.1 Å². The summed E-state index contributed by atoms with van der Waals surface area (Å²) in [5.74, 6) is 1.51. The second-order valence-corrected chi connectivity index (χ2v) is 7.15. The Bertz CT molecular complexity index is 536. The minimum atomic E-state index is -0.417. The zero-order chi connectivity index (χ0) is 14.5. The van der Waals surface area contributed by atoms with Crippen LogP contribution in [0, 0.1) is 26.9 Å². The Morgan fingerprint density at radius 1 is 1.40 bits per heavy atom. The standard InChI is InChI=1S/C15H21N3O2/c1-14(2)10-6-7-15(3,8-10)13(14)17-12-5-4-11(9-16-12)18(19)20/h4-5,9-10,13H,6-8H2,1-3H3,(H,16,17). The first kappa shape index (κ1) is 13.3. The first-order valence-electron chi connectivity index (χ1n) is 7.20. The lowest BCUT2D eigenvalue weighted by molar-refractivity contribution is -0.385. The molecular weight excluding hydrogens is 254 g/mol. The van der Waals surface area contributed by atoms with Gasteiger partial charge in [0.05, 0.1) is 4.92 Å². The summed E-state index contributed by atoms with van der Waals surface area (Å²) in [4.78, 5) is 14.4. The van der Waals surface area contributed by atoms with E-state index in [9.17, 15) is 10.1 Å². The molecule has 3 rings (SSSR count). The summed E-state index contributed by atoms with van der Waals surface area (Å²) in [7, 11) is 0. The van der Waals surface area contributed by atoms with Gasteiger partial charge in [0.1, 0.15) is 12.0 Å². The van der Waals surface area contributed by atoms with Crippen molar-refractivity contribution in [1.82, 2.24) is 4.98 Å². The van der Waals surface area contributed by atoms with E-state index in [4.69, 9.17) is 0 Å². The fourth-order valence-electron chi connectivity index (χ4n) is 4.39. The van der Waals surface area contributed by atoms with Gasteiger partial charge in [-0.05, 0) is 42.1 Å². The Kier molecular flexibility index (Phi) is 2.78. The van der Waals surface area contributed by atoms with E-state index >= 15 is 0 Å². The number of fused-ring (bicyclic) bond motifs is 2. The quantitative estimate of drug-likeness (QED) is 0.675. The van der Waals surface area contributed by atoms with Crippen molar-refractivity contribution in [2.24, 2.45) is 16.7 Å². The van der Waals surface area contributed by atoms with E-state index in [0.29, 0.717) is 11.5 Å². The van der Waals surface area contributed by atoms with Gasteiger partial charge in [0.15, 0.2) is 0 Å². The van der Waals surface area contributed by atoms with E-state index in [1.807, 2.05) is 0 Å². The van der Waals surface area contributed by atoms with Gasteiger partial charge in [-0.25, -0.2) is 4.98 Å². The number of nitrogens with one attached hydrogen (secondary N) is 1. The van der Waals surface area contributed by atoms with Crippen molar-refractivity contribution in [1.29, 1.82) is 0 Å². The normalized spacial score (nSPS) is 34.1. The maximum Gasteiger partial charge on any atom is 0.287 e. The zero-order valence-electron chi connectivity index (χ0n) is 12.2. The third-order valence-electron chi connectivity index (χ3n) is 5.52. The predicted molar refractivity (Wildman–Crippen MR) is 77.5 cm³/mol. The SMILES string of the molecule is CC12CCC(C1)C(C)(C)C2Nc1ccc([N+](=O)[O-])cn1. The van der Waals surface area contributed by atoms with Crippen LogP contribution in [0.3, 0.4) is 0 Å². The van der Waals surface area contributed by atoms with Crippen molar-refractivity contribution in [3.8, 4) is 0 Å². The number of pyridine rings is 1. The molecule has 1 aromatic rings. The van der Waals surface area contributed by atoms with Gasteiger partial charge in [-0.2, -0.15) is 0 Å². The minimum absolute atomic E-state index is 0.0361. The number of nitrogens with zero attached hydrogens (tertiary/aromatic N) is 2. The van der Waals surface area contributed by atoms with Gasteiger partial charge in [0, 0.05) is 12.1 Å². The molecular formula is C15H21N3O2. The summed E-state index contributed by atoms with van der Waals surface area (Å²) in [6.45, 7) is 7.00. The smallest absolute Gasteiger partial charge is 0.287 e. The number of rotatable bonds is 3. The largest absolute Gasteiger partial charge is 0.366 e. The Morgan fingerprint density at radius 3 is 2.65 bits per heavy atom. The molecule has 0 radical (unpaired) electrons. The summed E-state index contributed by atoms with van der Waals surface area (Å²) >= 11 is 0. The molecule has 1 aromatic heterocycles. The fraction of sp³-hybridized carbons (Fsp3) is 0.667. The first-order valence-corrected chi connectivity index (χ1v) is 7.20. The van der Waals surface area contributed by atoms with Crippen LogP contribution in [0.5, 0.6) is 0 Å². The number of nitro groups is 1. The number of anilines is 1. The van der Waals surface area contributed by atoms with Crippen LogP contribution >= 0.6 is 0 Å². The molecule has 5 nitrogen and oxygen atoms in total. The summed E-state index contributed by atoms with van der Waals surface area (Å²) in [6, 6.07) is 3.60. The Morgan fingerprint density at radius 2 is 2.15 bits per heavy atom. The molecule has 3 unspecified atom stereocenters. The van der Waals surface area contributed by atoms with Crippen molar-refractivity contribution >= 4 is 11.5 Å². The van der Waals surface area contributed by atoms with Gasteiger partial charge in [-0.1, -0.05) is 20.8 Å². The van der Waals surface area contributed by atoms with Crippen molar-refractivity contribution in [2.75, 3.05) is 5.32 Å². The average molecular weight is 275 g/mol. The average Bonchev–Trinajstić information content (AvgIpc) is 2.86. The molecule has 0 saturated heterocycles. The molecule has 2 saturated carbocycles. The van der Waals surface area contributed by atoms with E-state index in [1.54, 1.807) is 6.07 Å². The monoisotopic (exact) mass is 275 g/mol. The van der Waals surface area contributed by atoms with Crippen LogP contribution in [-0.2, 0) is 0 Å². The van der Waals surface area contributed by atoms with Crippen LogP contribution in [0.15, 0.2) is 18.3 Å². The van der Waals surface area contributed by atoms with Gasteiger partial charge in [0.25, 0.3) is 5.69 Å². The van der Waals surface area contributed by atoms with Crippen LogP contribution in [-0.4, -0.2) is 15.9 Å². The highest BCUT2D eigenvalue weighted by atomic mass is 16.6. The van der Waals surface area contributed by atoms with Crippen molar-refractivity contribution in [3.05, 3.63) is 28.4 Å². The molecule has 1 heterocycles. The van der Waals surface area contributed by atoms with Crippen LogP contribution in [0.2, 0.25) is 0 Å². The fourth-order valence-corrected chi connectivity index (χ4v) is 4.39. The van der Waals surface area contributed by atoms with Crippen molar-refractivity contribution < 1.29 is 4.92 Å². The highest BCUT2D eigenvalue weighted by Crippen LogP contribution is 2.63. The molecule has 108 valence electrons. The predicted octanol–water partition coefficient (Wildman–Crippen LogP) is 3.62. The Balaban J connectivity index is 1.82. The second kappa shape index (κ2) is 4.17. The Hall–Kier alpha value is -1.65. The highest BCUT2D eigenvalue weighted by molar-refractivity contribution is 5.42. The third-order valence-corrected chi connectivity index (χ3v) is 5.52. The molecule has 0 aliphatic heterocycles. The van der Waals surface area contributed by atoms with Crippen molar-refractivity contribution in [2.45, 2.75) is 46.1 Å². The maximum absolute atomic E-state index is 10.7. The summed E-state index contributed by atoms with van der Waals surface area (Å²) < 4.78 is 0. The van der Waals surface area contributed by atoms with E-state index in [0.717, 1.165) is 11.7 Å². The van der Waals surface area contributed by atoms with Gasteiger partial charge < -0.3 is 5.32 Å². The molecule has 2 aliphatic carbocycles. The van der Waals surface area contributed by atoms with Crippen LogP contribution in [0.1, 0.15) is 40.0 Å². The molecule has 3 atom stereocenters. The number of hydrogen-bond donors (Lipinski definition) is 1. The summed E-state index contributed by atoms with van der Waals surface area (Å²) in [5, 5.41) is 14.2. The van der Waals surface area contributed by atoms with E-state index < -0.39 is 4.92 Å². The van der Waals surface area contributed by atoms with Gasteiger partial charge in [0.2, 0.25) is 0 Å². The minimum Gasteiger partial charge on any atom is -0.366 e. The van der Waals surface area contributed by atoms with Crippen LogP contribution in [0.25, 0.3) is 0 Å². The van der Waals surface area contributed by atoms with Gasteiger partial charge in [-0.15, -0.1) is 0 Å². The lowest BCUT2D eigenvalue weighted by atomic mass is 9.68. The molecule has 2 aliphatic rings. The molecule has 0 aromatic carbocycles. The Labute approximate surface area is 118 Å². The van der Waals surface area contributed by atoms with Gasteiger partial charge in [-0.3, -0.25) is 10.1 Å². The number of aromatic nitrogens is 1. The summed E-state index contributed by atoms with van der Waals surface area (Å²) in [5.41, 5.74) is 0.600. The summed E-state index contributed by atoms with van der Waals surface area (Å²) in [6.07, 6.45) is 5.16. The lowest BCUT2D eigenvalue weighted by Crippen LogP contribution is -2.45. The topological polar surface area (TPSA) is 68.1 Å². The van der Waals surface area contributed by atoms with E-state index in [2.05, 4.69) is 31.1 Å².